The molecule has 13 heteroatoms. The first kappa shape index (κ1) is 24.2. The van der Waals surface area contributed by atoms with Crippen LogP contribution in [-0.2, 0) is 10.1 Å². The van der Waals surface area contributed by atoms with Gasteiger partial charge >= 0.3 is 0 Å². The third kappa shape index (κ3) is 6.23. The van der Waals surface area contributed by atoms with Gasteiger partial charge in [-0.15, -0.1) is 5.11 Å². The quantitative estimate of drug-likeness (QED) is 0.109. The molecule has 6 N–H and O–H groups in total. The van der Waals surface area contributed by atoms with E-state index >= 15 is 0 Å². The number of rotatable bonds is 6. The van der Waals surface area contributed by atoms with E-state index in [1.54, 1.807) is 42.5 Å². The Morgan fingerprint density at radius 2 is 1.65 bits per heavy atom. The van der Waals surface area contributed by atoms with Crippen LogP contribution in [0.1, 0.15) is 0 Å². The predicted octanol–water partition coefficient (Wildman–Crippen LogP) is 3.78. The van der Waals surface area contributed by atoms with Crippen LogP contribution < -0.4 is 16.8 Å². The number of nitrogens with one attached hydrogen (secondary N) is 1. The van der Waals surface area contributed by atoms with Crippen molar-refractivity contribution in [2.45, 2.75) is 4.90 Å². The van der Waals surface area contributed by atoms with Gasteiger partial charge in [-0.2, -0.15) is 13.5 Å². The van der Waals surface area contributed by atoms with E-state index in [0.717, 1.165) is 12.1 Å². The van der Waals surface area contributed by atoms with Gasteiger partial charge in [-0.1, -0.05) is 0 Å². The molecule has 3 aromatic rings. The number of nitrogens with two attached hydrogens (primary N) is 2. The Hall–Kier alpha value is -3.03. The van der Waals surface area contributed by atoms with Gasteiger partial charge in [-0.05, 0) is 48.5 Å². The van der Waals surface area contributed by atoms with E-state index in [1.807, 2.05) is 0 Å². The summed E-state index contributed by atoms with van der Waals surface area (Å²) in [6.45, 7) is 0. The molecule has 3 aromatic carbocycles. The molecule has 0 aromatic heterocycles. The SMILES string of the molecule is Nc1ccc(N=Nc2ccc(Nc3ccc([N+](=O)[O-])cc3S(=O)(=O)O)cc2)c(N)c1.[Na]. The van der Waals surface area contributed by atoms with E-state index in [2.05, 4.69) is 15.5 Å². The van der Waals surface area contributed by atoms with Crippen molar-refractivity contribution in [3.8, 4) is 0 Å². The summed E-state index contributed by atoms with van der Waals surface area (Å²) in [7, 11) is -4.69. The van der Waals surface area contributed by atoms with E-state index in [0.29, 0.717) is 28.4 Å². The largest absolute Gasteiger partial charge is 0.399 e. The zero-order valence-electron chi connectivity index (χ0n) is 16.3. The van der Waals surface area contributed by atoms with Gasteiger partial charge in [0, 0.05) is 53.1 Å². The van der Waals surface area contributed by atoms with E-state index < -0.39 is 25.6 Å². The molecular formula is C18H16N6NaO5S. The van der Waals surface area contributed by atoms with Crippen molar-refractivity contribution in [2.24, 2.45) is 10.2 Å². The molecule has 0 spiro atoms. The van der Waals surface area contributed by atoms with E-state index in [1.165, 1.54) is 6.07 Å². The Balaban J connectivity index is 0.00000341. The van der Waals surface area contributed by atoms with Gasteiger partial charge in [0.15, 0.2) is 0 Å². The minimum Gasteiger partial charge on any atom is -0.399 e. The molecule has 0 unspecified atom stereocenters. The Morgan fingerprint density at radius 1 is 0.968 bits per heavy atom. The average Bonchev–Trinajstić information content (AvgIpc) is 2.68. The summed E-state index contributed by atoms with van der Waals surface area (Å²) < 4.78 is 32.6. The smallest absolute Gasteiger partial charge is 0.296 e. The maximum atomic E-state index is 11.6. The van der Waals surface area contributed by atoms with Crippen molar-refractivity contribution in [3.63, 3.8) is 0 Å². The van der Waals surface area contributed by atoms with Crippen molar-refractivity contribution < 1.29 is 17.9 Å². The Kier molecular flexibility index (Phi) is 7.70. The second-order valence-electron chi connectivity index (χ2n) is 6.10. The molecule has 0 saturated carbocycles. The van der Waals surface area contributed by atoms with E-state index in [4.69, 9.17) is 11.5 Å². The molecule has 31 heavy (non-hydrogen) atoms. The third-order valence-corrected chi connectivity index (χ3v) is 4.82. The zero-order valence-corrected chi connectivity index (χ0v) is 19.1. The second-order valence-corrected chi connectivity index (χ2v) is 7.49. The van der Waals surface area contributed by atoms with Gasteiger partial charge in [-0.25, -0.2) is 0 Å². The number of hydrogen-bond donors (Lipinski definition) is 4. The average molecular weight is 451 g/mol. The Bertz CT molecular complexity index is 1250. The summed E-state index contributed by atoms with van der Waals surface area (Å²) in [5, 5.41) is 21.8. The summed E-state index contributed by atoms with van der Waals surface area (Å²) in [5.74, 6) is 0. The molecule has 0 atom stereocenters. The third-order valence-electron chi connectivity index (χ3n) is 3.93. The van der Waals surface area contributed by atoms with Crippen LogP contribution in [-0.4, -0.2) is 47.5 Å². The molecule has 0 aliphatic heterocycles. The van der Waals surface area contributed by atoms with Crippen LogP contribution in [0, 0.1) is 10.1 Å². The molecular weight excluding hydrogens is 435 g/mol. The number of hydrogen-bond acceptors (Lipinski definition) is 9. The summed E-state index contributed by atoms with van der Waals surface area (Å²) in [6, 6.07) is 14.3. The topological polar surface area (TPSA) is 186 Å². The van der Waals surface area contributed by atoms with Gasteiger partial charge in [0.1, 0.15) is 10.6 Å². The predicted molar refractivity (Wildman–Crippen MR) is 118 cm³/mol. The molecule has 0 amide bonds. The number of nitro groups is 1. The standard InChI is InChI=1S/C18H16N6O5S.Na/c19-11-1-7-16(15(20)9-11)23-22-13-4-2-12(3-5-13)21-17-8-6-14(24(25)26)10-18(17)30(27,28)29;/h1-10,21H,19-20H2,(H,27,28,29);. The monoisotopic (exact) mass is 451 g/mol. The molecule has 0 aliphatic carbocycles. The number of nitrogens with zero attached hydrogens (tertiary/aromatic N) is 3. The van der Waals surface area contributed by atoms with Gasteiger partial charge in [0.05, 0.1) is 22.0 Å². The summed E-state index contributed by atoms with van der Waals surface area (Å²) in [4.78, 5) is 9.49. The van der Waals surface area contributed by atoms with Crippen molar-refractivity contribution in [1.29, 1.82) is 0 Å². The fourth-order valence-electron chi connectivity index (χ4n) is 2.48. The minimum atomic E-state index is -4.69. The van der Waals surface area contributed by atoms with Crippen LogP contribution in [0.5, 0.6) is 0 Å². The van der Waals surface area contributed by atoms with Gasteiger partial charge < -0.3 is 16.8 Å². The van der Waals surface area contributed by atoms with E-state index in [-0.39, 0.29) is 35.2 Å². The van der Waals surface area contributed by atoms with Gasteiger partial charge in [0.25, 0.3) is 15.8 Å². The van der Waals surface area contributed by atoms with Crippen molar-refractivity contribution >= 4 is 79.5 Å². The minimum absolute atomic E-state index is 0. The van der Waals surface area contributed by atoms with Gasteiger partial charge in [0.2, 0.25) is 0 Å². The molecule has 0 aliphatic rings. The summed E-state index contributed by atoms with van der Waals surface area (Å²) in [5.41, 5.74) is 13.3. The molecule has 1 radical (unpaired) electrons. The second kappa shape index (κ2) is 9.85. The fourth-order valence-corrected chi connectivity index (χ4v) is 3.15. The maximum Gasteiger partial charge on any atom is 0.296 e. The van der Waals surface area contributed by atoms with Crippen molar-refractivity contribution in [1.82, 2.24) is 0 Å². The molecule has 0 saturated heterocycles. The van der Waals surface area contributed by atoms with Crippen LogP contribution in [0.15, 0.2) is 75.8 Å². The number of nitrogen functional groups attached to an aromatic ring is 2. The Labute approximate surface area is 199 Å². The first-order valence-corrected chi connectivity index (χ1v) is 9.77. The van der Waals surface area contributed by atoms with Crippen molar-refractivity contribution in [2.75, 3.05) is 16.8 Å². The van der Waals surface area contributed by atoms with Crippen molar-refractivity contribution in [3.05, 3.63) is 70.8 Å². The van der Waals surface area contributed by atoms with Crippen LogP contribution >= 0.6 is 0 Å². The van der Waals surface area contributed by atoms with Crippen LogP contribution in [0.25, 0.3) is 0 Å². The molecule has 0 bridgehead atoms. The normalized spacial score (nSPS) is 11.1. The summed E-state index contributed by atoms with van der Waals surface area (Å²) in [6.07, 6.45) is 0. The van der Waals surface area contributed by atoms with E-state index in [9.17, 15) is 23.1 Å². The number of benzene rings is 3. The number of azo groups is 1. The van der Waals surface area contributed by atoms with Crippen LogP contribution in [0.3, 0.4) is 0 Å². The zero-order chi connectivity index (χ0) is 21.9. The number of anilines is 4. The maximum absolute atomic E-state index is 11.6. The van der Waals surface area contributed by atoms with Crippen LogP contribution in [0.4, 0.5) is 39.8 Å². The Morgan fingerprint density at radius 3 is 2.23 bits per heavy atom. The fraction of sp³-hybridized carbons (Fsp3) is 0. The summed E-state index contributed by atoms with van der Waals surface area (Å²) >= 11 is 0. The first-order valence-electron chi connectivity index (χ1n) is 8.33. The molecule has 155 valence electrons. The first-order chi connectivity index (χ1) is 14.1. The number of nitro benzene ring substituents is 1. The van der Waals surface area contributed by atoms with Crippen LogP contribution in [0.2, 0.25) is 0 Å². The molecule has 3 rings (SSSR count). The molecule has 0 heterocycles. The number of non-ortho nitro benzene ring substituents is 1. The molecule has 11 nitrogen and oxygen atoms in total. The molecule has 0 fully saturated rings. The van der Waals surface area contributed by atoms with Gasteiger partial charge in [-0.3, -0.25) is 14.7 Å².